The molecule has 0 radical (unpaired) electrons. The second kappa shape index (κ2) is 4.97. The Labute approximate surface area is 106 Å². The number of anilines is 1. The van der Waals surface area contributed by atoms with Crippen LogP contribution in [0.25, 0.3) is 0 Å². The highest BCUT2D eigenvalue weighted by atomic mass is 32.2. The van der Waals surface area contributed by atoms with Gasteiger partial charge < -0.3 is 4.74 Å². The number of hydrogen-bond acceptors (Lipinski definition) is 4. The molecular weight excluding hydrogens is 254 g/mol. The molecule has 1 heterocycles. The van der Waals surface area contributed by atoms with Crippen LogP contribution in [0, 0.1) is 0 Å². The summed E-state index contributed by atoms with van der Waals surface area (Å²) in [6.45, 7) is 2.49. The van der Waals surface area contributed by atoms with Crippen LogP contribution in [0.3, 0.4) is 0 Å². The van der Waals surface area contributed by atoms with Gasteiger partial charge in [0.1, 0.15) is 0 Å². The molecule has 6 heteroatoms. The van der Waals surface area contributed by atoms with Gasteiger partial charge in [-0.25, -0.2) is 13.2 Å². The van der Waals surface area contributed by atoms with Crippen LogP contribution < -0.4 is 4.31 Å². The van der Waals surface area contributed by atoms with Crippen LogP contribution in [0.2, 0.25) is 0 Å². The van der Waals surface area contributed by atoms with Gasteiger partial charge in [-0.15, -0.1) is 0 Å². The lowest BCUT2D eigenvalue weighted by Crippen LogP contribution is -2.25. The summed E-state index contributed by atoms with van der Waals surface area (Å²) in [6.07, 6.45) is 0.617. The third kappa shape index (κ3) is 2.48. The standard InChI is InChI=1S/C12H15NO4S/c1-2-17-12(14)10-5-3-6-11(9-10)13-7-4-8-18(13,15)16/h3,5-6,9H,2,4,7-8H2,1H3. The molecule has 0 amide bonds. The molecule has 1 aliphatic rings. The van der Waals surface area contributed by atoms with Crippen molar-refractivity contribution < 1.29 is 17.9 Å². The lowest BCUT2D eigenvalue weighted by atomic mass is 10.2. The molecule has 1 saturated heterocycles. The molecule has 5 nitrogen and oxygen atoms in total. The molecule has 1 aliphatic heterocycles. The van der Waals surface area contributed by atoms with Crippen LogP contribution in [0.15, 0.2) is 24.3 Å². The highest BCUT2D eigenvalue weighted by molar-refractivity contribution is 7.93. The van der Waals surface area contributed by atoms with Crippen molar-refractivity contribution >= 4 is 21.7 Å². The molecule has 0 N–H and O–H groups in total. The second-order valence-electron chi connectivity index (χ2n) is 4.01. The van der Waals surface area contributed by atoms with Gasteiger partial charge in [-0.3, -0.25) is 4.31 Å². The average molecular weight is 269 g/mol. The minimum atomic E-state index is -3.21. The van der Waals surface area contributed by atoms with Gasteiger partial charge in [-0.1, -0.05) is 6.07 Å². The quantitative estimate of drug-likeness (QED) is 0.778. The molecule has 0 aromatic heterocycles. The Morgan fingerprint density at radius 2 is 2.22 bits per heavy atom. The highest BCUT2D eigenvalue weighted by Crippen LogP contribution is 2.24. The Hall–Kier alpha value is -1.56. The summed E-state index contributed by atoms with van der Waals surface area (Å²) >= 11 is 0. The van der Waals surface area contributed by atoms with Crippen molar-refractivity contribution in [2.75, 3.05) is 23.2 Å². The largest absolute Gasteiger partial charge is 0.462 e. The molecule has 98 valence electrons. The van der Waals surface area contributed by atoms with E-state index in [1.807, 2.05) is 0 Å². The molecular formula is C12H15NO4S. The normalized spacial score (nSPS) is 17.7. The summed E-state index contributed by atoms with van der Waals surface area (Å²) in [6, 6.07) is 6.52. The summed E-state index contributed by atoms with van der Waals surface area (Å²) in [7, 11) is -3.21. The van der Waals surface area contributed by atoms with Crippen molar-refractivity contribution in [1.29, 1.82) is 0 Å². The van der Waals surface area contributed by atoms with E-state index in [0.717, 1.165) is 0 Å². The Morgan fingerprint density at radius 1 is 1.44 bits per heavy atom. The zero-order valence-electron chi connectivity index (χ0n) is 10.1. The fourth-order valence-corrected chi connectivity index (χ4v) is 3.49. The van der Waals surface area contributed by atoms with E-state index in [-0.39, 0.29) is 5.75 Å². The van der Waals surface area contributed by atoms with E-state index >= 15 is 0 Å². The minimum absolute atomic E-state index is 0.163. The Bertz CT molecular complexity index is 553. The van der Waals surface area contributed by atoms with E-state index in [1.54, 1.807) is 31.2 Å². The number of sulfonamides is 1. The number of rotatable bonds is 3. The van der Waals surface area contributed by atoms with Crippen LogP contribution in [-0.2, 0) is 14.8 Å². The van der Waals surface area contributed by atoms with E-state index in [9.17, 15) is 13.2 Å². The maximum Gasteiger partial charge on any atom is 0.338 e. The van der Waals surface area contributed by atoms with Gasteiger partial charge in [0.25, 0.3) is 0 Å². The first kappa shape index (κ1) is 12.9. The highest BCUT2D eigenvalue weighted by Gasteiger charge is 2.28. The topological polar surface area (TPSA) is 63.7 Å². The van der Waals surface area contributed by atoms with Crippen molar-refractivity contribution in [1.82, 2.24) is 0 Å². The molecule has 0 spiro atoms. The van der Waals surface area contributed by atoms with Crippen LogP contribution in [-0.4, -0.2) is 33.3 Å². The second-order valence-corrected chi connectivity index (χ2v) is 6.03. The molecule has 2 rings (SSSR count). The smallest absolute Gasteiger partial charge is 0.338 e. The molecule has 0 atom stereocenters. The predicted octanol–water partition coefficient (Wildman–Crippen LogP) is 1.40. The summed E-state index contributed by atoms with van der Waals surface area (Å²) < 4.78 is 29.8. The Kier molecular flexibility index (Phi) is 3.56. The fraction of sp³-hybridized carbons (Fsp3) is 0.417. The number of esters is 1. The SMILES string of the molecule is CCOC(=O)c1cccc(N2CCCS2(=O)=O)c1. The molecule has 0 aliphatic carbocycles. The van der Waals surface area contributed by atoms with E-state index in [0.29, 0.717) is 30.8 Å². The van der Waals surface area contributed by atoms with Crippen LogP contribution in [0.4, 0.5) is 5.69 Å². The molecule has 1 fully saturated rings. The first-order chi connectivity index (χ1) is 8.54. The van der Waals surface area contributed by atoms with Crippen LogP contribution in [0.1, 0.15) is 23.7 Å². The maximum absolute atomic E-state index is 11.8. The first-order valence-corrected chi connectivity index (χ1v) is 7.43. The zero-order valence-corrected chi connectivity index (χ0v) is 10.9. The van der Waals surface area contributed by atoms with E-state index < -0.39 is 16.0 Å². The monoisotopic (exact) mass is 269 g/mol. The third-order valence-electron chi connectivity index (χ3n) is 2.74. The van der Waals surface area contributed by atoms with Gasteiger partial charge >= 0.3 is 5.97 Å². The number of nitrogens with zero attached hydrogens (tertiary/aromatic N) is 1. The van der Waals surface area contributed by atoms with Crippen molar-refractivity contribution in [2.24, 2.45) is 0 Å². The molecule has 0 bridgehead atoms. The average Bonchev–Trinajstić information content (AvgIpc) is 2.69. The summed E-state index contributed by atoms with van der Waals surface area (Å²) in [5, 5.41) is 0. The zero-order chi connectivity index (χ0) is 13.2. The van der Waals surface area contributed by atoms with Crippen molar-refractivity contribution in [3.05, 3.63) is 29.8 Å². The maximum atomic E-state index is 11.8. The predicted molar refractivity (Wildman–Crippen MR) is 68.1 cm³/mol. The van der Waals surface area contributed by atoms with Gasteiger partial charge in [0, 0.05) is 6.54 Å². The Morgan fingerprint density at radius 3 is 2.83 bits per heavy atom. The van der Waals surface area contributed by atoms with Gasteiger partial charge in [-0.05, 0) is 31.5 Å². The number of hydrogen-bond donors (Lipinski definition) is 0. The van der Waals surface area contributed by atoms with Gasteiger partial charge in [-0.2, -0.15) is 0 Å². The summed E-state index contributed by atoms with van der Waals surface area (Å²) in [4.78, 5) is 11.6. The molecule has 0 saturated carbocycles. The number of carbonyl (C=O) groups excluding carboxylic acids is 1. The van der Waals surface area contributed by atoms with Crippen LogP contribution in [0.5, 0.6) is 0 Å². The fourth-order valence-electron chi connectivity index (χ4n) is 1.93. The number of carbonyl (C=O) groups is 1. The molecule has 1 aromatic rings. The summed E-state index contributed by atoms with van der Waals surface area (Å²) in [5.41, 5.74) is 0.898. The van der Waals surface area contributed by atoms with Crippen LogP contribution >= 0.6 is 0 Å². The van der Waals surface area contributed by atoms with Crippen molar-refractivity contribution in [3.8, 4) is 0 Å². The lowest BCUT2D eigenvalue weighted by Gasteiger charge is -2.17. The molecule has 0 unspecified atom stereocenters. The van der Waals surface area contributed by atoms with Gasteiger partial charge in [0.05, 0.1) is 23.6 Å². The third-order valence-corrected chi connectivity index (χ3v) is 4.61. The Balaban J connectivity index is 2.30. The molecule has 1 aromatic carbocycles. The van der Waals surface area contributed by atoms with E-state index in [1.165, 1.54) is 4.31 Å². The van der Waals surface area contributed by atoms with Crippen molar-refractivity contribution in [3.63, 3.8) is 0 Å². The number of ether oxygens (including phenoxy) is 1. The minimum Gasteiger partial charge on any atom is -0.462 e. The van der Waals surface area contributed by atoms with Crippen molar-refractivity contribution in [2.45, 2.75) is 13.3 Å². The first-order valence-electron chi connectivity index (χ1n) is 5.82. The van der Waals surface area contributed by atoms with Gasteiger partial charge in [0.15, 0.2) is 0 Å². The van der Waals surface area contributed by atoms with Gasteiger partial charge in [0.2, 0.25) is 10.0 Å². The number of benzene rings is 1. The van der Waals surface area contributed by atoms with E-state index in [4.69, 9.17) is 4.74 Å². The van der Waals surface area contributed by atoms with E-state index in [2.05, 4.69) is 0 Å². The molecule has 18 heavy (non-hydrogen) atoms. The lowest BCUT2D eigenvalue weighted by molar-refractivity contribution is 0.0526. The summed E-state index contributed by atoms with van der Waals surface area (Å²) in [5.74, 6) is -0.271.